The minimum absolute atomic E-state index is 0.222. The molecular weight excluding hydrogens is 372 g/mol. The van der Waals surface area contributed by atoms with Crippen LogP contribution in [0.3, 0.4) is 0 Å². The average Bonchev–Trinajstić information content (AvgIpc) is 3.41. The van der Waals surface area contributed by atoms with Gasteiger partial charge < -0.3 is 28.3 Å². The first-order chi connectivity index (χ1) is 14.2. The maximum absolute atomic E-state index is 6.00. The monoisotopic (exact) mass is 394 g/mol. The van der Waals surface area contributed by atoms with Gasteiger partial charge in [-0.1, -0.05) is 6.07 Å². The SMILES string of the molecule is COc1ccc2c(c1)OCC(Cn1ccnc1-c1cc3c(cc1OC)OCO3)C2. The summed E-state index contributed by atoms with van der Waals surface area (Å²) in [5.41, 5.74) is 2.08. The number of fused-ring (bicyclic) bond motifs is 2. The molecule has 0 amide bonds. The lowest BCUT2D eigenvalue weighted by Gasteiger charge is -2.26. The van der Waals surface area contributed by atoms with Crippen LogP contribution in [-0.4, -0.2) is 37.2 Å². The van der Waals surface area contributed by atoms with Crippen LogP contribution in [0.15, 0.2) is 42.7 Å². The number of aromatic nitrogens is 2. The van der Waals surface area contributed by atoms with Crippen molar-refractivity contribution in [3.63, 3.8) is 0 Å². The third-order valence-corrected chi connectivity index (χ3v) is 5.36. The number of benzene rings is 2. The van der Waals surface area contributed by atoms with Crippen molar-refractivity contribution < 1.29 is 23.7 Å². The molecule has 3 heterocycles. The molecule has 2 aliphatic rings. The number of hydrogen-bond acceptors (Lipinski definition) is 6. The normalized spacial score (nSPS) is 16.8. The maximum atomic E-state index is 6.00. The molecule has 0 N–H and O–H groups in total. The zero-order valence-electron chi connectivity index (χ0n) is 16.4. The van der Waals surface area contributed by atoms with Crippen LogP contribution < -0.4 is 23.7 Å². The van der Waals surface area contributed by atoms with Gasteiger partial charge in [-0.15, -0.1) is 0 Å². The minimum atomic E-state index is 0.222. The van der Waals surface area contributed by atoms with Gasteiger partial charge in [-0.2, -0.15) is 0 Å². The van der Waals surface area contributed by atoms with Crippen LogP contribution in [0, 0.1) is 5.92 Å². The molecule has 29 heavy (non-hydrogen) atoms. The largest absolute Gasteiger partial charge is 0.497 e. The molecule has 3 aromatic rings. The van der Waals surface area contributed by atoms with E-state index in [4.69, 9.17) is 23.7 Å². The van der Waals surface area contributed by atoms with Crippen molar-refractivity contribution in [3.8, 4) is 40.1 Å². The van der Waals surface area contributed by atoms with Gasteiger partial charge in [0.25, 0.3) is 0 Å². The fourth-order valence-electron chi connectivity index (χ4n) is 3.91. The Morgan fingerprint density at radius 3 is 2.72 bits per heavy atom. The lowest BCUT2D eigenvalue weighted by Crippen LogP contribution is -2.25. The molecule has 7 heteroatoms. The predicted octanol–water partition coefficient (Wildman–Crippen LogP) is 3.55. The summed E-state index contributed by atoms with van der Waals surface area (Å²) in [6.45, 7) is 1.66. The minimum Gasteiger partial charge on any atom is -0.497 e. The quantitative estimate of drug-likeness (QED) is 0.660. The second kappa shape index (κ2) is 7.24. The Balaban J connectivity index is 1.40. The van der Waals surface area contributed by atoms with E-state index in [2.05, 4.69) is 15.6 Å². The first-order valence-corrected chi connectivity index (χ1v) is 9.54. The van der Waals surface area contributed by atoms with Gasteiger partial charge in [-0.05, 0) is 24.1 Å². The molecule has 0 saturated carbocycles. The van der Waals surface area contributed by atoms with E-state index in [-0.39, 0.29) is 6.79 Å². The van der Waals surface area contributed by atoms with Crippen molar-refractivity contribution in [3.05, 3.63) is 48.3 Å². The first-order valence-electron chi connectivity index (χ1n) is 9.54. The Morgan fingerprint density at radius 1 is 1.03 bits per heavy atom. The maximum Gasteiger partial charge on any atom is 0.231 e. The predicted molar refractivity (Wildman–Crippen MR) is 106 cm³/mol. The van der Waals surface area contributed by atoms with Crippen molar-refractivity contribution in [2.75, 3.05) is 27.6 Å². The Hall–Kier alpha value is -3.35. The van der Waals surface area contributed by atoms with Gasteiger partial charge in [0.05, 0.1) is 26.4 Å². The summed E-state index contributed by atoms with van der Waals surface area (Å²) in [6, 6.07) is 9.79. The summed E-state index contributed by atoms with van der Waals surface area (Å²) in [4.78, 5) is 4.58. The van der Waals surface area contributed by atoms with E-state index in [1.807, 2.05) is 36.7 Å². The molecular formula is C22H22N2O5. The zero-order chi connectivity index (χ0) is 19.8. The van der Waals surface area contributed by atoms with Crippen LogP contribution in [-0.2, 0) is 13.0 Å². The number of hydrogen-bond donors (Lipinski definition) is 0. The third-order valence-electron chi connectivity index (χ3n) is 5.36. The summed E-state index contributed by atoms with van der Waals surface area (Å²) in [5, 5.41) is 0. The van der Waals surface area contributed by atoms with Crippen LogP contribution in [0.4, 0.5) is 0 Å². The van der Waals surface area contributed by atoms with Crippen LogP contribution in [0.25, 0.3) is 11.4 Å². The van der Waals surface area contributed by atoms with Gasteiger partial charge in [0.1, 0.15) is 23.1 Å². The van der Waals surface area contributed by atoms with Gasteiger partial charge >= 0.3 is 0 Å². The lowest BCUT2D eigenvalue weighted by atomic mass is 9.96. The average molecular weight is 394 g/mol. The second-order valence-corrected chi connectivity index (χ2v) is 7.16. The van der Waals surface area contributed by atoms with Gasteiger partial charge in [0, 0.05) is 37.0 Å². The second-order valence-electron chi connectivity index (χ2n) is 7.16. The number of nitrogens with zero attached hydrogens (tertiary/aromatic N) is 2. The van der Waals surface area contributed by atoms with Gasteiger partial charge in [-0.25, -0.2) is 4.98 Å². The molecule has 0 spiro atoms. The zero-order valence-corrected chi connectivity index (χ0v) is 16.4. The van der Waals surface area contributed by atoms with Crippen molar-refractivity contribution >= 4 is 0 Å². The Morgan fingerprint density at radius 2 is 1.90 bits per heavy atom. The highest BCUT2D eigenvalue weighted by molar-refractivity contribution is 5.70. The summed E-state index contributed by atoms with van der Waals surface area (Å²) < 4.78 is 30.0. The molecule has 7 nitrogen and oxygen atoms in total. The molecule has 5 rings (SSSR count). The highest BCUT2D eigenvalue weighted by atomic mass is 16.7. The van der Waals surface area contributed by atoms with E-state index < -0.39 is 0 Å². The Labute approximate surface area is 168 Å². The topological polar surface area (TPSA) is 64.0 Å². The molecule has 2 aliphatic heterocycles. The fraction of sp³-hybridized carbons (Fsp3) is 0.318. The number of methoxy groups -OCH3 is 2. The molecule has 0 bridgehead atoms. The van der Waals surface area contributed by atoms with E-state index in [1.165, 1.54) is 5.56 Å². The van der Waals surface area contributed by atoms with Gasteiger partial charge in [0.15, 0.2) is 11.5 Å². The molecule has 0 aliphatic carbocycles. The smallest absolute Gasteiger partial charge is 0.231 e. The van der Waals surface area contributed by atoms with Crippen molar-refractivity contribution in [2.24, 2.45) is 5.92 Å². The highest BCUT2D eigenvalue weighted by Crippen LogP contribution is 2.42. The van der Waals surface area contributed by atoms with Crippen LogP contribution in [0.1, 0.15) is 5.56 Å². The molecule has 1 aromatic heterocycles. The van der Waals surface area contributed by atoms with Crippen LogP contribution in [0.5, 0.6) is 28.7 Å². The van der Waals surface area contributed by atoms with Crippen molar-refractivity contribution in [2.45, 2.75) is 13.0 Å². The molecule has 0 saturated heterocycles. The Kier molecular flexibility index (Phi) is 4.42. The highest BCUT2D eigenvalue weighted by Gasteiger charge is 2.24. The molecule has 150 valence electrons. The molecule has 1 atom stereocenters. The standard InChI is InChI=1S/C22H22N2O5/c1-25-16-4-3-15-7-14(12-27-18(15)8-16)11-24-6-5-23-22(24)17-9-20-21(29-13-28-20)10-19(17)26-2/h3-6,8-10,14H,7,11-13H2,1-2H3. The van der Waals surface area contributed by atoms with Crippen LogP contribution in [0.2, 0.25) is 0 Å². The molecule has 1 unspecified atom stereocenters. The number of imidazole rings is 1. The summed E-state index contributed by atoms with van der Waals surface area (Å²) >= 11 is 0. The number of ether oxygens (including phenoxy) is 5. The van der Waals surface area contributed by atoms with E-state index in [0.29, 0.717) is 29.8 Å². The van der Waals surface area contributed by atoms with E-state index >= 15 is 0 Å². The number of rotatable bonds is 5. The van der Waals surface area contributed by atoms with E-state index in [0.717, 1.165) is 35.9 Å². The lowest BCUT2D eigenvalue weighted by molar-refractivity contribution is 0.174. The fourth-order valence-corrected chi connectivity index (χ4v) is 3.91. The van der Waals surface area contributed by atoms with Crippen molar-refractivity contribution in [1.29, 1.82) is 0 Å². The van der Waals surface area contributed by atoms with Gasteiger partial charge in [0.2, 0.25) is 6.79 Å². The Bertz CT molecular complexity index is 1050. The van der Waals surface area contributed by atoms with E-state index in [1.54, 1.807) is 14.2 Å². The summed E-state index contributed by atoms with van der Waals surface area (Å²) in [5.74, 6) is 5.00. The molecule has 0 radical (unpaired) electrons. The first kappa shape index (κ1) is 17.7. The van der Waals surface area contributed by atoms with Crippen molar-refractivity contribution in [1.82, 2.24) is 9.55 Å². The van der Waals surface area contributed by atoms with Gasteiger partial charge in [-0.3, -0.25) is 0 Å². The van der Waals surface area contributed by atoms with E-state index in [9.17, 15) is 0 Å². The molecule has 0 fully saturated rings. The summed E-state index contributed by atoms with van der Waals surface area (Å²) in [7, 11) is 3.31. The van der Waals surface area contributed by atoms with Crippen LogP contribution >= 0.6 is 0 Å². The third kappa shape index (κ3) is 3.22. The molecule has 2 aromatic carbocycles. The summed E-state index contributed by atoms with van der Waals surface area (Å²) in [6.07, 6.45) is 4.74.